The molecule has 134 valence electrons. The summed E-state index contributed by atoms with van der Waals surface area (Å²) in [6, 6.07) is 13.9. The number of rotatable bonds is 3. The first-order valence-electron chi connectivity index (χ1n) is 8.09. The van der Waals surface area contributed by atoms with Crippen LogP contribution in [0, 0.1) is 5.82 Å². The maximum Gasteiger partial charge on any atom is 0.230 e. The molecule has 0 spiro atoms. The van der Waals surface area contributed by atoms with Gasteiger partial charge in [-0.25, -0.2) is 4.39 Å². The van der Waals surface area contributed by atoms with Gasteiger partial charge in [0.15, 0.2) is 0 Å². The third-order valence-corrected chi connectivity index (χ3v) is 4.88. The summed E-state index contributed by atoms with van der Waals surface area (Å²) in [6.45, 7) is 3.69. The van der Waals surface area contributed by atoms with Crippen LogP contribution in [-0.2, 0) is 4.79 Å². The molecule has 1 amide bonds. The number of amides is 1. The first kappa shape index (κ1) is 19.7. The molecular weight excluding hydrogens is 362 g/mol. The Labute approximate surface area is 158 Å². The van der Waals surface area contributed by atoms with Crippen LogP contribution in [0.4, 0.5) is 4.39 Å². The number of nitrogens with zero attached hydrogens (tertiary/aromatic N) is 1. The summed E-state index contributed by atoms with van der Waals surface area (Å²) in [7, 11) is 0. The quantitative estimate of drug-likeness (QED) is 0.863. The number of hydrogen-bond acceptors (Lipinski definition) is 2. The SMILES string of the molecule is CC(C(=O)N1CCNCC1c1ccccc1Cl)c1ccccc1F.Cl. The van der Waals surface area contributed by atoms with E-state index < -0.39 is 5.92 Å². The predicted molar refractivity (Wildman–Crippen MR) is 101 cm³/mol. The lowest BCUT2D eigenvalue weighted by Gasteiger charge is -2.38. The van der Waals surface area contributed by atoms with Crippen molar-refractivity contribution in [2.75, 3.05) is 19.6 Å². The van der Waals surface area contributed by atoms with Crippen molar-refractivity contribution in [1.29, 1.82) is 0 Å². The van der Waals surface area contributed by atoms with Crippen LogP contribution < -0.4 is 5.32 Å². The lowest BCUT2D eigenvalue weighted by atomic mass is 9.96. The predicted octanol–water partition coefficient (Wildman–Crippen LogP) is 4.18. The lowest BCUT2D eigenvalue weighted by Crippen LogP contribution is -2.50. The van der Waals surface area contributed by atoms with Crippen molar-refractivity contribution in [2.45, 2.75) is 18.9 Å². The molecule has 1 fully saturated rings. The fraction of sp³-hybridized carbons (Fsp3) is 0.316. The van der Waals surface area contributed by atoms with E-state index in [9.17, 15) is 9.18 Å². The number of carbonyl (C=O) groups excluding carboxylic acids is 1. The Kier molecular flexibility index (Phi) is 6.82. The number of carbonyl (C=O) groups is 1. The standard InChI is InChI=1S/C19H20ClFN2O.ClH/c1-13(14-6-3-5-9-17(14)21)19(24)23-11-10-22-12-18(23)15-7-2-4-8-16(15)20;/h2-9,13,18,22H,10-12H2,1H3;1H. The summed E-state index contributed by atoms with van der Waals surface area (Å²) in [4.78, 5) is 14.8. The molecule has 1 saturated heterocycles. The van der Waals surface area contributed by atoms with Gasteiger partial charge in [0.25, 0.3) is 0 Å². The van der Waals surface area contributed by atoms with Crippen molar-refractivity contribution < 1.29 is 9.18 Å². The summed E-state index contributed by atoms with van der Waals surface area (Å²) in [6.07, 6.45) is 0. The van der Waals surface area contributed by atoms with Crippen LogP contribution in [0.5, 0.6) is 0 Å². The summed E-state index contributed by atoms with van der Waals surface area (Å²) in [5.74, 6) is -0.955. The Bertz CT molecular complexity index is 741. The first-order chi connectivity index (χ1) is 11.6. The highest BCUT2D eigenvalue weighted by molar-refractivity contribution is 6.31. The normalized spacial score (nSPS) is 18.4. The van der Waals surface area contributed by atoms with Crippen molar-refractivity contribution >= 4 is 29.9 Å². The fourth-order valence-electron chi connectivity index (χ4n) is 3.20. The Hall–Kier alpha value is -1.62. The van der Waals surface area contributed by atoms with Crippen LogP contribution in [0.3, 0.4) is 0 Å². The Morgan fingerprint density at radius 1 is 1.24 bits per heavy atom. The summed E-state index contributed by atoms with van der Waals surface area (Å²) in [5.41, 5.74) is 1.35. The molecular formula is C19H21Cl2FN2O. The second-order valence-electron chi connectivity index (χ2n) is 6.02. The number of hydrogen-bond donors (Lipinski definition) is 1. The largest absolute Gasteiger partial charge is 0.333 e. The van der Waals surface area contributed by atoms with E-state index in [1.165, 1.54) is 6.07 Å². The molecule has 3 nitrogen and oxygen atoms in total. The van der Waals surface area contributed by atoms with Gasteiger partial charge in [0.1, 0.15) is 5.82 Å². The molecule has 0 saturated carbocycles. The summed E-state index contributed by atoms with van der Waals surface area (Å²) < 4.78 is 14.0. The molecule has 2 aromatic rings. The van der Waals surface area contributed by atoms with Crippen molar-refractivity contribution in [3.8, 4) is 0 Å². The minimum atomic E-state index is -0.533. The molecule has 2 aromatic carbocycles. The molecule has 0 aromatic heterocycles. The van der Waals surface area contributed by atoms with Gasteiger partial charge in [-0.2, -0.15) is 0 Å². The van der Waals surface area contributed by atoms with E-state index in [-0.39, 0.29) is 30.2 Å². The Morgan fingerprint density at radius 2 is 1.92 bits per heavy atom. The molecule has 1 aliphatic rings. The first-order valence-corrected chi connectivity index (χ1v) is 8.47. The molecule has 1 heterocycles. The minimum absolute atomic E-state index is 0. The smallest absolute Gasteiger partial charge is 0.230 e. The highest BCUT2D eigenvalue weighted by Crippen LogP contribution is 2.31. The minimum Gasteiger partial charge on any atom is -0.333 e. The highest BCUT2D eigenvalue weighted by atomic mass is 35.5. The van der Waals surface area contributed by atoms with Gasteiger partial charge in [-0.3, -0.25) is 4.79 Å². The van der Waals surface area contributed by atoms with Crippen LogP contribution in [0.2, 0.25) is 5.02 Å². The van der Waals surface area contributed by atoms with Crippen LogP contribution >= 0.6 is 24.0 Å². The Morgan fingerprint density at radius 3 is 2.64 bits per heavy atom. The number of halogens is 3. The average Bonchev–Trinajstić information content (AvgIpc) is 2.61. The van der Waals surface area contributed by atoms with E-state index >= 15 is 0 Å². The molecule has 0 aliphatic carbocycles. The van der Waals surface area contributed by atoms with Gasteiger partial charge in [0.05, 0.1) is 12.0 Å². The topological polar surface area (TPSA) is 32.3 Å². The number of nitrogens with one attached hydrogen (secondary N) is 1. The lowest BCUT2D eigenvalue weighted by molar-refractivity contribution is -0.135. The van der Waals surface area contributed by atoms with E-state index in [1.807, 2.05) is 29.2 Å². The number of piperazine rings is 1. The van der Waals surface area contributed by atoms with Crippen LogP contribution in [0.25, 0.3) is 0 Å². The van der Waals surface area contributed by atoms with Crippen molar-refractivity contribution in [2.24, 2.45) is 0 Å². The maximum atomic E-state index is 14.0. The molecule has 2 atom stereocenters. The summed E-state index contributed by atoms with van der Waals surface area (Å²) in [5, 5.41) is 3.95. The third kappa shape index (κ3) is 4.14. The Balaban J connectivity index is 0.00000225. The van der Waals surface area contributed by atoms with Gasteiger partial charge in [-0.15, -0.1) is 12.4 Å². The molecule has 6 heteroatoms. The van der Waals surface area contributed by atoms with E-state index in [1.54, 1.807) is 25.1 Å². The highest BCUT2D eigenvalue weighted by Gasteiger charge is 2.32. The molecule has 0 radical (unpaired) electrons. The zero-order valence-corrected chi connectivity index (χ0v) is 15.5. The van der Waals surface area contributed by atoms with E-state index in [0.29, 0.717) is 23.7 Å². The zero-order chi connectivity index (χ0) is 17.1. The van der Waals surface area contributed by atoms with E-state index in [0.717, 1.165) is 12.1 Å². The maximum absolute atomic E-state index is 14.0. The van der Waals surface area contributed by atoms with Crippen molar-refractivity contribution in [3.05, 3.63) is 70.5 Å². The van der Waals surface area contributed by atoms with Gasteiger partial charge in [0, 0.05) is 24.7 Å². The zero-order valence-electron chi connectivity index (χ0n) is 13.9. The molecule has 0 bridgehead atoms. The second kappa shape index (κ2) is 8.65. The van der Waals surface area contributed by atoms with Gasteiger partial charge in [0.2, 0.25) is 5.91 Å². The van der Waals surface area contributed by atoms with Crippen LogP contribution in [-0.4, -0.2) is 30.4 Å². The van der Waals surface area contributed by atoms with Gasteiger partial charge in [-0.1, -0.05) is 48.0 Å². The molecule has 2 unspecified atom stereocenters. The fourth-order valence-corrected chi connectivity index (χ4v) is 3.46. The van der Waals surface area contributed by atoms with Gasteiger partial charge >= 0.3 is 0 Å². The van der Waals surface area contributed by atoms with Crippen molar-refractivity contribution in [3.63, 3.8) is 0 Å². The summed E-state index contributed by atoms with van der Waals surface area (Å²) >= 11 is 6.32. The molecule has 25 heavy (non-hydrogen) atoms. The molecule has 3 rings (SSSR count). The van der Waals surface area contributed by atoms with Crippen molar-refractivity contribution in [1.82, 2.24) is 10.2 Å². The molecule has 1 N–H and O–H groups in total. The van der Waals surface area contributed by atoms with Crippen LogP contribution in [0.1, 0.15) is 30.0 Å². The van der Waals surface area contributed by atoms with E-state index in [4.69, 9.17) is 11.6 Å². The van der Waals surface area contributed by atoms with Gasteiger partial charge in [-0.05, 0) is 30.2 Å². The monoisotopic (exact) mass is 382 g/mol. The third-order valence-electron chi connectivity index (χ3n) is 4.53. The number of benzene rings is 2. The van der Waals surface area contributed by atoms with Gasteiger partial charge < -0.3 is 10.2 Å². The van der Waals surface area contributed by atoms with E-state index in [2.05, 4.69) is 5.32 Å². The average molecular weight is 383 g/mol. The second-order valence-corrected chi connectivity index (χ2v) is 6.42. The molecule has 1 aliphatic heterocycles. The van der Waals surface area contributed by atoms with Crippen LogP contribution in [0.15, 0.2) is 48.5 Å².